The van der Waals surface area contributed by atoms with Crippen molar-refractivity contribution in [1.82, 2.24) is 9.62 Å². The number of morpholine rings is 1. The number of carboxylic acids is 1. The molecule has 1 aromatic rings. The minimum Gasteiger partial charge on any atom is -0.495 e. The van der Waals surface area contributed by atoms with E-state index < -0.39 is 27.9 Å². The topological polar surface area (TPSA) is 122 Å². The molecule has 1 heterocycles. The first-order valence-electron chi connectivity index (χ1n) is 7.57. The maximum atomic E-state index is 12.8. The summed E-state index contributed by atoms with van der Waals surface area (Å²) < 4.78 is 37.2. The molecule has 0 radical (unpaired) electrons. The third kappa shape index (κ3) is 4.27. The second-order valence-electron chi connectivity index (χ2n) is 5.42. The monoisotopic (exact) mass is 372 g/mol. The summed E-state index contributed by atoms with van der Waals surface area (Å²) in [4.78, 5) is 22.9. The number of nitrogens with one attached hydrogen (secondary N) is 1. The van der Waals surface area contributed by atoms with Gasteiger partial charge in [0.25, 0.3) is 5.91 Å². The molecule has 10 heteroatoms. The number of sulfonamides is 1. The standard InChI is InChI=1S/C15H20N2O7S/c1-10(15(19)20)16-14(18)11-3-4-12(23-2)13(9-11)25(21,22)17-5-7-24-8-6-17/h3-4,9-10H,5-8H2,1-2H3,(H,16,18)(H,19,20). The van der Waals surface area contributed by atoms with Crippen molar-refractivity contribution in [2.45, 2.75) is 17.9 Å². The van der Waals surface area contributed by atoms with Gasteiger partial charge in [0, 0.05) is 18.7 Å². The molecule has 0 aromatic heterocycles. The molecule has 1 aliphatic heterocycles. The number of aliphatic carboxylic acids is 1. The minimum atomic E-state index is -3.87. The van der Waals surface area contributed by atoms with E-state index in [4.69, 9.17) is 14.6 Å². The summed E-state index contributed by atoms with van der Waals surface area (Å²) in [6, 6.07) is 2.83. The van der Waals surface area contributed by atoms with Gasteiger partial charge in [0.1, 0.15) is 16.7 Å². The molecular formula is C15H20N2O7S. The summed E-state index contributed by atoms with van der Waals surface area (Å²) in [5.74, 6) is -1.77. The molecule has 1 aromatic carbocycles. The Hall–Kier alpha value is -2.17. The molecule has 9 nitrogen and oxygen atoms in total. The van der Waals surface area contributed by atoms with Crippen molar-refractivity contribution in [1.29, 1.82) is 0 Å². The Labute approximate surface area is 145 Å². The van der Waals surface area contributed by atoms with Crippen LogP contribution in [0.1, 0.15) is 17.3 Å². The quantitative estimate of drug-likeness (QED) is 0.716. The number of carbonyl (C=O) groups is 2. The average Bonchev–Trinajstić information content (AvgIpc) is 2.61. The van der Waals surface area contributed by atoms with E-state index in [2.05, 4.69) is 5.32 Å². The summed E-state index contributed by atoms with van der Waals surface area (Å²) in [7, 11) is -2.54. The largest absolute Gasteiger partial charge is 0.495 e. The first kappa shape index (κ1) is 19.2. The lowest BCUT2D eigenvalue weighted by atomic mass is 10.2. The van der Waals surface area contributed by atoms with Gasteiger partial charge in [-0.25, -0.2) is 8.42 Å². The van der Waals surface area contributed by atoms with Crippen molar-refractivity contribution < 1.29 is 32.6 Å². The van der Waals surface area contributed by atoms with Gasteiger partial charge in [0.15, 0.2) is 0 Å². The molecule has 0 spiro atoms. The summed E-state index contributed by atoms with van der Waals surface area (Å²) in [5.41, 5.74) is 0.0285. The molecule has 1 atom stereocenters. The van der Waals surface area contributed by atoms with Crippen LogP contribution in [0.25, 0.3) is 0 Å². The van der Waals surface area contributed by atoms with Crippen LogP contribution in [-0.2, 0) is 19.6 Å². The van der Waals surface area contributed by atoms with Gasteiger partial charge in [0.2, 0.25) is 10.0 Å². The number of methoxy groups -OCH3 is 1. The van der Waals surface area contributed by atoms with Gasteiger partial charge in [-0.15, -0.1) is 0 Å². The molecule has 0 aliphatic carbocycles. The number of amides is 1. The van der Waals surface area contributed by atoms with Crippen molar-refractivity contribution in [2.75, 3.05) is 33.4 Å². The Bertz CT molecular complexity index is 757. The number of ether oxygens (including phenoxy) is 2. The summed E-state index contributed by atoms with van der Waals surface area (Å²) >= 11 is 0. The van der Waals surface area contributed by atoms with E-state index in [0.717, 1.165) is 0 Å². The van der Waals surface area contributed by atoms with Gasteiger partial charge in [0.05, 0.1) is 20.3 Å². The second kappa shape index (κ2) is 7.81. The lowest BCUT2D eigenvalue weighted by Gasteiger charge is -2.26. The number of hydrogen-bond acceptors (Lipinski definition) is 6. The summed E-state index contributed by atoms with van der Waals surface area (Å²) in [6.45, 7) is 2.31. The van der Waals surface area contributed by atoms with Gasteiger partial charge in [-0.1, -0.05) is 0 Å². The molecular weight excluding hydrogens is 352 g/mol. The van der Waals surface area contributed by atoms with E-state index in [0.29, 0.717) is 0 Å². The molecule has 0 bridgehead atoms. The maximum absolute atomic E-state index is 12.8. The van der Waals surface area contributed by atoms with Crippen molar-refractivity contribution in [3.8, 4) is 5.75 Å². The van der Waals surface area contributed by atoms with Crippen molar-refractivity contribution >= 4 is 21.9 Å². The first-order chi connectivity index (χ1) is 11.8. The van der Waals surface area contributed by atoms with E-state index >= 15 is 0 Å². The maximum Gasteiger partial charge on any atom is 0.325 e. The van der Waals surface area contributed by atoms with Crippen molar-refractivity contribution in [2.24, 2.45) is 0 Å². The van der Waals surface area contributed by atoms with Crippen LogP contribution in [0.3, 0.4) is 0 Å². The zero-order chi connectivity index (χ0) is 18.6. The molecule has 138 valence electrons. The van der Waals surface area contributed by atoms with Gasteiger partial charge < -0.3 is 19.9 Å². The number of carbonyl (C=O) groups excluding carboxylic acids is 1. The Morgan fingerprint density at radius 2 is 1.96 bits per heavy atom. The molecule has 2 N–H and O–H groups in total. The van der Waals surface area contributed by atoms with Crippen LogP contribution in [0.15, 0.2) is 23.1 Å². The highest BCUT2D eigenvalue weighted by Gasteiger charge is 2.30. The molecule has 1 aliphatic rings. The van der Waals surface area contributed by atoms with E-state index in [1.807, 2.05) is 0 Å². The highest BCUT2D eigenvalue weighted by atomic mass is 32.2. The highest BCUT2D eigenvalue weighted by molar-refractivity contribution is 7.89. The van der Waals surface area contributed by atoms with Crippen LogP contribution in [0.2, 0.25) is 0 Å². The molecule has 25 heavy (non-hydrogen) atoms. The van der Waals surface area contributed by atoms with Crippen molar-refractivity contribution in [3.63, 3.8) is 0 Å². The predicted molar refractivity (Wildman–Crippen MR) is 87.1 cm³/mol. The SMILES string of the molecule is COc1ccc(C(=O)NC(C)C(=O)O)cc1S(=O)(=O)N1CCOCC1. The minimum absolute atomic E-state index is 0.0285. The smallest absolute Gasteiger partial charge is 0.325 e. The number of hydrogen-bond donors (Lipinski definition) is 2. The van der Waals surface area contributed by atoms with E-state index in [1.165, 1.54) is 36.5 Å². The van der Waals surface area contributed by atoms with E-state index in [1.54, 1.807) is 0 Å². The molecule has 1 unspecified atom stereocenters. The Kier molecular flexibility index (Phi) is 5.98. The van der Waals surface area contributed by atoms with Gasteiger partial charge in [-0.2, -0.15) is 4.31 Å². The Morgan fingerprint density at radius 1 is 1.32 bits per heavy atom. The fourth-order valence-corrected chi connectivity index (χ4v) is 3.88. The zero-order valence-electron chi connectivity index (χ0n) is 13.9. The summed E-state index contributed by atoms with van der Waals surface area (Å²) in [5, 5.41) is 11.1. The van der Waals surface area contributed by atoms with Crippen LogP contribution in [0.4, 0.5) is 0 Å². The van der Waals surface area contributed by atoms with E-state index in [-0.39, 0.29) is 42.5 Å². The third-order valence-corrected chi connectivity index (χ3v) is 5.65. The lowest BCUT2D eigenvalue weighted by Crippen LogP contribution is -2.41. The fourth-order valence-electron chi connectivity index (χ4n) is 2.29. The Balaban J connectivity index is 2.36. The summed E-state index contributed by atoms with van der Waals surface area (Å²) in [6.07, 6.45) is 0. The normalized spacial score (nSPS) is 16.9. The zero-order valence-corrected chi connectivity index (χ0v) is 14.7. The van der Waals surface area contributed by atoms with Crippen LogP contribution < -0.4 is 10.1 Å². The van der Waals surface area contributed by atoms with Gasteiger partial charge in [-0.05, 0) is 25.1 Å². The Morgan fingerprint density at radius 3 is 2.52 bits per heavy atom. The van der Waals surface area contributed by atoms with E-state index in [9.17, 15) is 18.0 Å². The first-order valence-corrected chi connectivity index (χ1v) is 9.01. The fraction of sp³-hybridized carbons (Fsp3) is 0.467. The average molecular weight is 372 g/mol. The predicted octanol–water partition coefficient (Wildman–Crippen LogP) is -0.0810. The van der Waals surface area contributed by atoms with Crippen LogP contribution >= 0.6 is 0 Å². The third-order valence-electron chi connectivity index (χ3n) is 3.73. The van der Waals surface area contributed by atoms with Crippen molar-refractivity contribution in [3.05, 3.63) is 23.8 Å². The second-order valence-corrected chi connectivity index (χ2v) is 7.32. The van der Waals surface area contributed by atoms with Gasteiger partial charge >= 0.3 is 5.97 Å². The molecule has 1 amide bonds. The van der Waals surface area contributed by atoms with Gasteiger partial charge in [-0.3, -0.25) is 9.59 Å². The highest BCUT2D eigenvalue weighted by Crippen LogP contribution is 2.28. The number of rotatable bonds is 6. The molecule has 1 fully saturated rings. The van der Waals surface area contributed by atoms with Crippen LogP contribution in [0, 0.1) is 0 Å². The number of nitrogens with zero attached hydrogens (tertiary/aromatic N) is 1. The molecule has 0 saturated carbocycles. The molecule has 2 rings (SSSR count). The van der Waals surface area contributed by atoms with Crippen LogP contribution in [-0.4, -0.2) is 69.2 Å². The number of carboxylic acid groups (broad SMARTS) is 1. The molecule has 1 saturated heterocycles. The lowest BCUT2D eigenvalue weighted by molar-refractivity contribution is -0.138. The van der Waals surface area contributed by atoms with Crippen LogP contribution in [0.5, 0.6) is 5.75 Å². The number of benzene rings is 1.